The molecule has 1 saturated heterocycles. The molecular formula is C18H36N2O. The Kier molecular flexibility index (Phi) is 5.38. The van der Waals surface area contributed by atoms with E-state index in [-0.39, 0.29) is 5.60 Å². The van der Waals surface area contributed by atoms with Crippen LogP contribution in [0.4, 0.5) is 0 Å². The van der Waals surface area contributed by atoms with Gasteiger partial charge in [-0.2, -0.15) is 0 Å². The van der Waals surface area contributed by atoms with E-state index in [0.29, 0.717) is 11.1 Å². The summed E-state index contributed by atoms with van der Waals surface area (Å²) in [6.07, 6.45) is 7.94. The van der Waals surface area contributed by atoms with Crippen LogP contribution in [0.15, 0.2) is 0 Å². The second-order valence-corrected chi connectivity index (χ2v) is 8.15. The van der Waals surface area contributed by atoms with E-state index in [1.54, 1.807) is 0 Å². The van der Waals surface area contributed by atoms with Crippen molar-refractivity contribution in [2.24, 2.45) is 0 Å². The summed E-state index contributed by atoms with van der Waals surface area (Å²) in [7, 11) is 0. The number of nitrogens with one attached hydrogen (secondary N) is 1. The van der Waals surface area contributed by atoms with Crippen molar-refractivity contribution in [2.45, 2.75) is 89.8 Å². The van der Waals surface area contributed by atoms with Crippen LogP contribution in [0, 0.1) is 0 Å². The fourth-order valence-corrected chi connectivity index (χ4v) is 4.08. The third-order valence-corrected chi connectivity index (χ3v) is 5.74. The lowest BCUT2D eigenvalue weighted by Crippen LogP contribution is -2.69. The molecule has 1 aliphatic heterocycles. The van der Waals surface area contributed by atoms with E-state index in [0.717, 1.165) is 13.2 Å². The monoisotopic (exact) mass is 296 g/mol. The first-order valence-corrected chi connectivity index (χ1v) is 8.99. The summed E-state index contributed by atoms with van der Waals surface area (Å²) >= 11 is 0. The maximum atomic E-state index is 6.01. The van der Waals surface area contributed by atoms with Crippen LogP contribution >= 0.6 is 0 Å². The molecule has 1 saturated carbocycles. The zero-order valence-electron chi connectivity index (χ0n) is 14.9. The van der Waals surface area contributed by atoms with E-state index in [4.69, 9.17) is 4.74 Å². The Morgan fingerprint density at radius 3 is 2.24 bits per heavy atom. The fraction of sp³-hybridized carbons (Fsp3) is 1.00. The van der Waals surface area contributed by atoms with Crippen LogP contribution in [0.25, 0.3) is 0 Å². The summed E-state index contributed by atoms with van der Waals surface area (Å²) in [6.45, 7) is 15.4. The van der Waals surface area contributed by atoms with Gasteiger partial charge in [-0.25, -0.2) is 0 Å². The van der Waals surface area contributed by atoms with E-state index in [9.17, 15) is 0 Å². The van der Waals surface area contributed by atoms with Crippen LogP contribution in [0.2, 0.25) is 0 Å². The van der Waals surface area contributed by atoms with E-state index in [1.165, 1.54) is 51.6 Å². The smallest absolute Gasteiger partial charge is 0.0600 e. The highest BCUT2D eigenvalue weighted by Gasteiger charge is 2.47. The largest absolute Gasteiger partial charge is 0.375 e. The molecule has 0 aromatic rings. The first kappa shape index (κ1) is 17.2. The van der Waals surface area contributed by atoms with Gasteiger partial charge in [-0.05, 0) is 46.5 Å². The van der Waals surface area contributed by atoms with Crippen molar-refractivity contribution in [3.63, 3.8) is 0 Å². The minimum absolute atomic E-state index is 0.0243. The minimum Gasteiger partial charge on any atom is -0.375 e. The highest BCUT2D eigenvalue weighted by atomic mass is 16.5. The van der Waals surface area contributed by atoms with Crippen molar-refractivity contribution in [1.29, 1.82) is 0 Å². The van der Waals surface area contributed by atoms with Crippen molar-refractivity contribution in [3.05, 3.63) is 0 Å². The molecule has 0 amide bonds. The molecular weight excluding hydrogens is 260 g/mol. The van der Waals surface area contributed by atoms with Gasteiger partial charge in [0.25, 0.3) is 0 Å². The van der Waals surface area contributed by atoms with Crippen LogP contribution in [0.5, 0.6) is 0 Å². The number of hydrogen-bond acceptors (Lipinski definition) is 3. The second kappa shape index (κ2) is 6.55. The number of hydrogen-bond donors (Lipinski definition) is 1. The Balaban J connectivity index is 2.03. The molecule has 0 bridgehead atoms. The quantitative estimate of drug-likeness (QED) is 0.839. The number of nitrogens with zero attached hydrogens (tertiary/aromatic N) is 1. The number of piperazine rings is 1. The predicted octanol–water partition coefficient (Wildman–Crippen LogP) is 3.58. The maximum Gasteiger partial charge on any atom is 0.0600 e. The van der Waals surface area contributed by atoms with Gasteiger partial charge in [0.1, 0.15) is 0 Å². The Bertz CT molecular complexity index is 325. The molecule has 0 aromatic heterocycles. The van der Waals surface area contributed by atoms with E-state index in [2.05, 4.69) is 44.8 Å². The molecule has 1 N–H and O–H groups in total. The van der Waals surface area contributed by atoms with Gasteiger partial charge in [0.2, 0.25) is 0 Å². The molecule has 0 aromatic carbocycles. The molecule has 3 heteroatoms. The van der Waals surface area contributed by atoms with Crippen molar-refractivity contribution in [1.82, 2.24) is 10.2 Å². The minimum atomic E-state index is -0.0243. The second-order valence-electron chi connectivity index (χ2n) is 8.15. The number of ether oxygens (including phenoxy) is 1. The molecule has 3 nitrogen and oxygen atoms in total. The fourth-order valence-electron chi connectivity index (χ4n) is 4.08. The van der Waals surface area contributed by atoms with Gasteiger partial charge in [-0.3, -0.25) is 4.90 Å². The van der Waals surface area contributed by atoms with Gasteiger partial charge in [-0.15, -0.1) is 0 Å². The zero-order valence-corrected chi connectivity index (χ0v) is 14.9. The lowest BCUT2D eigenvalue weighted by molar-refractivity contribution is -0.0505. The maximum absolute atomic E-state index is 6.01. The standard InChI is InChI=1S/C18H36N2O/c1-6-17(7-2)15-20(12-13-21-16(3,4)5)18(14-19-17)10-8-9-11-18/h19H,6-15H2,1-5H3. The van der Waals surface area contributed by atoms with Gasteiger partial charge in [0.15, 0.2) is 0 Å². The van der Waals surface area contributed by atoms with Crippen LogP contribution in [-0.4, -0.2) is 47.8 Å². The van der Waals surface area contributed by atoms with Gasteiger partial charge in [0.05, 0.1) is 12.2 Å². The lowest BCUT2D eigenvalue weighted by atomic mass is 9.82. The first-order chi connectivity index (χ1) is 9.85. The van der Waals surface area contributed by atoms with Crippen molar-refractivity contribution < 1.29 is 4.74 Å². The van der Waals surface area contributed by atoms with Gasteiger partial charge >= 0.3 is 0 Å². The van der Waals surface area contributed by atoms with Gasteiger partial charge < -0.3 is 10.1 Å². The molecule has 2 aliphatic rings. The van der Waals surface area contributed by atoms with Gasteiger partial charge in [-0.1, -0.05) is 26.7 Å². The first-order valence-electron chi connectivity index (χ1n) is 8.99. The van der Waals surface area contributed by atoms with Crippen molar-refractivity contribution in [2.75, 3.05) is 26.2 Å². The third kappa shape index (κ3) is 4.00. The predicted molar refractivity (Wildman–Crippen MR) is 89.8 cm³/mol. The Morgan fingerprint density at radius 2 is 1.71 bits per heavy atom. The highest BCUT2D eigenvalue weighted by molar-refractivity contribution is 5.06. The highest BCUT2D eigenvalue weighted by Crippen LogP contribution is 2.39. The topological polar surface area (TPSA) is 24.5 Å². The molecule has 0 unspecified atom stereocenters. The Labute approximate surface area is 131 Å². The van der Waals surface area contributed by atoms with Crippen molar-refractivity contribution in [3.8, 4) is 0 Å². The summed E-state index contributed by atoms with van der Waals surface area (Å²) in [5, 5.41) is 3.92. The van der Waals surface area contributed by atoms with E-state index < -0.39 is 0 Å². The zero-order chi connectivity index (χ0) is 15.6. The molecule has 0 atom stereocenters. The normalized spacial score (nSPS) is 25.6. The Morgan fingerprint density at radius 1 is 1.10 bits per heavy atom. The molecule has 2 fully saturated rings. The molecule has 124 valence electrons. The lowest BCUT2D eigenvalue weighted by Gasteiger charge is -2.53. The van der Waals surface area contributed by atoms with Crippen LogP contribution in [-0.2, 0) is 4.74 Å². The van der Waals surface area contributed by atoms with Crippen LogP contribution in [0.1, 0.15) is 73.1 Å². The van der Waals surface area contributed by atoms with Crippen LogP contribution < -0.4 is 5.32 Å². The SMILES string of the molecule is CCC1(CC)CN(CCOC(C)(C)C)C2(CCCC2)CN1. The van der Waals surface area contributed by atoms with Crippen molar-refractivity contribution >= 4 is 0 Å². The summed E-state index contributed by atoms with van der Waals surface area (Å²) < 4.78 is 6.01. The molecule has 21 heavy (non-hydrogen) atoms. The number of rotatable bonds is 5. The summed E-state index contributed by atoms with van der Waals surface area (Å²) in [6, 6.07) is 0. The van der Waals surface area contributed by atoms with E-state index in [1.807, 2.05) is 0 Å². The molecule has 1 spiro atoms. The average molecular weight is 296 g/mol. The molecule has 1 heterocycles. The third-order valence-electron chi connectivity index (χ3n) is 5.74. The summed E-state index contributed by atoms with van der Waals surface area (Å²) in [4.78, 5) is 2.77. The molecule has 0 radical (unpaired) electrons. The summed E-state index contributed by atoms with van der Waals surface area (Å²) in [5.74, 6) is 0. The molecule has 1 aliphatic carbocycles. The van der Waals surface area contributed by atoms with Gasteiger partial charge in [0, 0.05) is 30.7 Å². The summed E-state index contributed by atoms with van der Waals surface area (Å²) in [5.41, 5.74) is 0.703. The Hall–Kier alpha value is -0.120. The van der Waals surface area contributed by atoms with E-state index >= 15 is 0 Å². The molecule has 2 rings (SSSR count). The van der Waals surface area contributed by atoms with Crippen LogP contribution in [0.3, 0.4) is 0 Å². The average Bonchev–Trinajstić information content (AvgIpc) is 2.90.